The molecule has 4 unspecified atom stereocenters. The van der Waals surface area contributed by atoms with Crippen molar-refractivity contribution in [3.8, 4) is 0 Å². The molecule has 0 bridgehead atoms. The number of hydrogen-bond acceptors (Lipinski definition) is 13. The van der Waals surface area contributed by atoms with Crippen LogP contribution in [0.15, 0.2) is 15.8 Å². The lowest BCUT2D eigenvalue weighted by Gasteiger charge is -2.33. The molecule has 0 radical (unpaired) electrons. The number of phosphoric ester groups is 1. The van der Waals surface area contributed by atoms with Gasteiger partial charge in [0.05, 0.1) is 12.7 Å². The Kier molecular flexibility index (Phi) is 11.7. The Morgan fingerprint density at radius 1 is 1.15 bits per heavy atom. The summed E-state index contributed by atoms with van der Waals surface area (Å²) in [6.45, 7) is 4.96. The van der Waals surface area contributed by atoms with Gasteiger partial charge in [-0.1, -0.05) is 26.7 Å². The zero-order valence-corrected chi connectivity index (χ0v) is 21.4. The Hall–Kier alpha value is -0.990. The molecule has 1 saturated heterocycles. The smallest absolute Gasteiger partial charge is 0.330 e. The summed E-state index contributed by atoms with van der Waals surface area (Å²) in [5.74, 6) is 0. The van der Waals surface area contributed by atoms with Gasteiger partial charge < -0.3 is 33.6 Å². The monoisotopic (exact) mass is 551 g/mol. The van der Waals surface area contributed by atoms with Crippen molar-refractivity contribution in [2.24, 2.45) is 0 Å². The Morgan fingerprint density at radius 2 is 1.74 bits per heavy atom. The third-order valence-electron chi connectivity index (χ3n) is 4.24. The van der Waals surface area contributed by atoms with Gasteiger partial charge in [-0.2, -0.15) is 0 Å². The first kappa shape index (κ1) is 31.0. The molecule has 1 aliphatic heterocycles. The number of nitrogens with zero attached hydrogens (tertiary/aromatic N) is 1. The highest BCUT2D eigenvalue weighted by Crippen LogP contribution is 2.61. The molecule has 2 heterocycles. The van der Waals surface area contributed by atoms with Crippen molar-refractivity contribution in [3.63, 3.8) is 0 Å². The second-order valence-electron chi connectivity index (χ2n) is 6.94. The molecule has 2 rings (SSSR count). The van der Waals surface area contributed by atoms with Crippen LogP contribution in [-0.2, 0) is 36.3 Å². The maximum Gasteiger partial charge on any atom is 0.330 e. The fourth-order valence-electron chi connectivity index (χ4n) is 2.52. The molecule has 2 N–H and O–H groups in total. The standard InChI is InChI=1S/C11H19N2O14P3.C4H10/c1-6-4-13(11(15)12-10(6)14)9-3-7(23-2)8(25-9)5-24-29(19,20)27-30(21,22)26-28(16,17)18;1-3-4-2/h4,7-9H,3,5H2,1-2H3,(H,19,20)(H,21,22)(H,12,14,15)(H2,16,17,18);3-4H2,1-2H3/p-3/t7?,8-,9-;/m1./s1. The molecule has 1 aliphatic rings. The van der Waals surface area contributed by atoms with Gasteiger partial charge >= 0.3 is 5.69 Å². The lowest BCUT2D eigenvalue weighted by atomic mass is 10.2. The Bertz CT molecular complexity index is 1060. The molecule has 34 heavy (non-hydrogen) atoms. The van der Waals surface area contributed by atoms with E-state index in [1.807, 2.05) is 0 Å². The normalized spacial score (nSPS) is 25.5. The van der Waals surface area contributed by atoms with Gasteiger partial charge in [-0.3, -0.25) is 28.0 Å². The lowest BCUT2D eigenvalue weighted by Crippen LogP contribution is -2.33. The lowest BCUT2D eigenvalue weighted by molar-refractivity contribution is -0.250. The van der Waals surface area contributed by atoms with E-state index in [9.17, 15) is 38.0 Å². The predicted octanol–water partition coefficient (Wildman–Crippen LogP) is -0.599. The predicted molar refractivity (Wildman–Crippen MR) is 109 cm³/mol. The van der Waals surface area contributed by atoms with Gasteiger partial charge in [0.25, 0.3) is 29.0 Å². The summed E-state index contributed by atoms with van der Waals surface area (Å²) in [5, 5.41) is 0. The van der Waals surface area contributed by atoms with E-state index in [0.717, 1.165) is 4.57 Å². The van der Waals surface area contributed by atoms with E-state index in [-0.39, 0.29) is 12.0 Å². The van der Waals surface area contributed by atoms with E-state index in [2.05, 4.69) is 32.0 Å². The molecule has 1 aromatic heterocycles. The maximum absolute atomic E-state index is 12.0. The molecule has 198 valence electrons. The van der Waals surface area contributed by atoms with Crippen LogP contribution in [0.2, 0.25) is 0 Å². The van der Waals surface area contributed by atoms with E-state index in [1.165, 1.54) is 33.1 Å². The summed E-state index contributed by atoms with van der Waals surface area (Å²) in [6.07, 6.45) is 0.967. The van der Waals surface area contributed by atoms with Gasteiger partial charge in [0.15, 0.2) is 0 Å². The van der Waals surface area contributed by atoms with Gasteiger partial charge in [-0.05, 0) is 6.92 Å². The minimum atomic E-state index is -6.02. The quantitative estimate of drug-likeness (QED) is 0.345. The van der Waals surface area contributed by atoms with Gasteiger partial charge in [0.1, 0.15) is 12.3 Å². The van der Waals surface area contributed by atoms with Crippen LogP contribution in [0.4, 0.5) is 0 Å². The van der Waals surface area contributed by atoms with E-state index in [4.69, 9.17) is 14.4 Å². The van der Waals surface area contributed by atoms with Crippen LogP contribution >= 0.6 is 23.5 Å². The van der Waals surface area contributed by atoms with Crippen molar-refractivity contribution in [1.82, 2.24) is 9.55 Å². The fraction of sp³-hybridized carbons (Fsp3) is 0.733. The van der Waals surface area contributed by atoms with Crippen LogP contribution in [-0.4, -0.2) is 40.4 Å². The first-order valence-electron chi connectivity index (χ1n) is 9.77. The Morgan fingerprint density at radius 3 is 2.24 bits per heavy atom. The number of ether oxygens (including phenoxy) is 2. The van der Waals surface area contributed by atoms with Gasteiger partial charge in [0.2, 0.25) is 0 Å². The minimum absolute atomic E-state index is 0.0347. The average molecular weight is 551 g/mol. The molecule has 0 spiro atoms. The highest BCUT2D eigenvalue weighted by atomic mass is 31.3. The van der Waals surface area contributed by atoms with Crippen molar-refractivity contribution in [1.29, 1.82) is 0 Å². The largest absolute Gasteiger partial charge is 0.756 e. The number of aromatic nitrogens is 2. The molecule has 6 atom stereocenters. The minimum Gasteiger partial charge on any atom is -0.756 e. The van der Waals surface area contributed by atoms with Crippen LogP contribution in [0.3, 0.4) is 0 Å². The molecule has 16 nitrogen and oxygen atoms in total. The highest BCUT2D eigenvalue weighted by Gasteiger charge is 2.38. The Balaban J connectivity index is 0.00000133. The topological polar surface area (TPSA) is 242 Å². The zero-order chi connectivity index (χ0) is 26.3. The second-order valence-corrected chi connectivity index (χ2v) is 11.2. The summed E-state index contributed by atoms with van der Waals surface area (Å²) in [4.78, 5) is 67.1. The molecule has 0 aromatic carbocycles. The third kappa shape index (κ3) is 10.3. The van der Waals surface area contributed by atoms with Crippen LogP contribution in [0, 0.1) is 6.92 Å². The van der Waals surface area contributed by atoms with Crippen LogP contribution in [0.25, 0.3) is 0 Å². The van der Waals surface area contributed by atoms with E-state index < -0.39 is 59.8 Å². The third-order valence-corrected chi connectivity index (χ3v) is 7.93. The number of aryl methyl sites for hydroxylation is 1. The van der Waals surface area contributed by atoms with E-state index in [1.54, 1.807) is 0 Å². The number of nitrogens with one attached hydrogen (secondary N) is 1. The first-order chi connectivity index (χ1) is 15.5. The highest BCUT2D eigenvalue weighted by molar-refractivity contribution is 7.65. The summed E-state index contributed by atoms with van der Waals surface area (Å²) in [5.41, 5.74) is -1.19. The maximum atomic E-state index is 12.0. The summed E-state index contributed by atoms with van der Waals surface area (Å²) in [6, 6.07) is 0. The van der Waals surface area contributed by atoms with Crippen LogP contribution < -0.4 is 25.9 Å². The van der Waals surface area contributed by atoms with Gasteiger partial charge in [-0.25, -0.2) is 13.4 Å². The zero-order valence-electron chi connectivity index (χ0n) is 18.7. The van der Waals surface area contributed by atoms with Crippen molar-refractivity contribution in [2.45, 2.75) is 58.5 Å². The molecule has 1 fully saturated rings. The number of H-pyrrole nitrogens is 1. The fourth-order valence-corrected chi connectivity index (χ4v) is 5.42. The molecule has 0 saturated carbocycles. The number of hydrogen-bond donors (Lipinski definition) is 2. The van der Waals surface area contributed by atoms with Crippen LogP contribution in [0.1, 0.15) is 44.9 Å². The van der Waals surface area contributed by atoms with E-state index >= 15 is 0 Å². The van der Waals surface area contributed by atoms with Gasteiger partial charge in [-0.15, -0.1) is 0 Å². The molecule has 1 aromatic rings. The molecule has 19 heteroatoms. The van der Waals surface area contributed by atoms with E-state index in [0.29, 0.717) is 0 Å². The SMILES string of the molecule is CCCC.COC1C[C@H](n2cc(C)c(=O)[nH]c2=O)O[C@@H]1COP(=O)([O-])OP(=O)([O-])OP(=O)([O-])O. The van der Waals surface area contributed by atoms with Crippen molar-refractivity contribution >= 4 is 23.5 Å². The molecule has 0 aliphatic carbocycles. The first-order valence-corrected chi connectivity index (χ1v) is 14.2. The number of phosphoric acid groups is 3. The number of rotatable bonds is 10. The summed E-state index contributed by atoms with van der Waals surface area (Å²) in [7, 11) is -16.3. The Labute approximate surface area is 194 Å². The second kappa shape index (κ2) is 12.8. The summed E-state index contributed by atoms with van der Waals surface area (Å²) >= 11 is 0. The molecular formula is C15H26N2O14P3-3. The number of unbranched alkanes of at least 4 members (excludes halogenated alkanes) is 1. The van der Waals surface area contributed by atoms with Crippen molar-refractivity contribution < 1.29 is 55.9 Å². The number of aromatic amines is 1. The molecule has 0 amide bonds. The van der Waals surface area contributed by atoms with Crippen molar-refractivity contribution in [2.75, 3.05) is 13.7 Å². The van der Waals surface area contributed by atoms with Crippen molar-refractivity contribution in [3.05, 3.63) is 32.6 Å². The summed E-state index contributed by atoms with van der Waals surface area (Å²) < 4.78 is 55.9. The average Bonchev–Trinajstić information content (AvgIpc) is 3.09. The number of methoxy groups -OCH3 is 1. The van der Waals surface area contributed by atoms with Gasteiger partial charge in [0, 0.05) is 25.3 Å². The molecular weight excluding hydrogens is 525 g/mol. The van der Waals surface area contributed by atoms with Crippen LogP contribution in [0.5, 0.6) is 0 Å².